The Bertz CT molecular complexity index is 146. The van der Waals surface area contributed by atoms with Crippen LogP contribution in [0.2, 0.25) is 0 Å². The maximum absolute atomic E-state index is 3.62. The topological polar surface area (TPSA) is 24.1 Å². The molecule has 0 bridgehead atoms. The van der Waals surface area contributed by atoms with Crippen LogP contribution in [0.5, 0.6) is 0 Å². The maximum Gasteiger partial charge on any atom is 0.0154 e. The lowest BCUT2D eigenvalue weighted by Crippen LogP contribution is -2.33. The zero-order chi connectivity index (χ0) is 8.44. The molecule has 2 fully saturated rings. The summed E-state index contributed by atoms with van der Waals surface area (Å²) in [6.45, 7) is 4.77. The lowest BCUT2D eigenvalue weighted by Gasteiger charge is -2.14. The second kappa shape index (κ2) is 3.35. The molecule has 1 saturated carbocycles. The van der Waals surface area contributed by atoms with Gasteiger partial charge in [-0.3, -0.25) is 0 Å². The molecule has 2 N–H and O–H groups in total. The molecule has 2 nitrogen and oxygen atoms in total. The fraction of sp³-hybridized carbons (Fsp3) is 1.00. The van der Waals surface area contributed by atoms with E-state index in [-0.39, 0.29) is 0 Å². The van der Waals surface area contributed by atoms with E-state index in [0.717, 1.165) is 6.04 Å². The molecule has 2 rings (SSSR count). The molecule has 1 unspecified atom stereocenters. The lowest BCUT2D eigenvalue weighted by atomic mass is 10.1. The van der Waals surface area contributed by atoms with Gasteiger partial charge >= 0.3 is 0 Å². The highest BCUT2D eigenvalue weighted by molar-refractivity contribution is 4.97. The van der Waals surface area contributed by atoms with Crippen LogP contribution in [-0.2, 0) is 0 Å². The summed E-state index contributed by atoms with van der Waals surface area (Å²) in [4.78, 5) is 0. The van der Waals surface area contributed by atoms with Crippen molar-refractivity contribution in [3.63, 3.8) is 0 Å². The third-order valence-corrected chi connectivity index (χ3v) is 3.21. The first-order valence-electron chi connectivity index (χ1n) is 5.27. The van der Waals surface area contributed by atoms with Crippen molar-refractivity contribution >= 4 is 0 Å². The van der Waals surface area contributed by atoms with E-state index >= 15 is 0 Å². The van der Waals surface area contributed by atoms with E-state index in [1.807, 2.05) is 0 Å². The summed E-state index contributed by atoms with van der Waals surface area (Å²) in [6, 6.07) is 0.805. The zero-order valence-electron chi connectivity index (χ0n) is 8.03. The summed E-state index contributed by atoms with van der Waals surface area (Å²) >= 11 is 0. The minimum absolute atomic E-state index is 0.526. The van der Waals surface area contributed by atoms with Crippen molar-refractivity contribution in [2.75, 3.05) is 13.1 Å². The summed E-state index contributed by atoms with van der Waals surface area (Å²) in [7, 11) is 0. The van der Waals surface area contributed by atoms with Gasteiger partial charge < -0.3 is 10.6 Å². The van der Waals surface area contributed by atoms with Crippen molar-refractivity contribution in [1.82, 2.24) is 10.6 Å². The largest absolute Gasteiger partial charge is 0.314 e. The van der Waals surface area contributed by atoms with Gasteiger partial charge in [0.15, 0.2) is 0 Å². The van der Waals surface area contributed by atoms with Gasteiger partial charge in [-0.2, -0.15) is 0 Å². The van der Waals surface area contributed by atoms with E-state index in [1.54, 1.807) is 0 Å². The van der Waals surface area contributed by atoms with Gasteiger partial charge in [0, 0.05) is 11.6 Å². The van der Waals surface area contributed by atoms with Gasteiger partial charge in [-0.15, -0.1) is 0 Å². The van der Waals surface area contributed by atoms with E-state index in [0.29, 0.717) is 5.54 Å². The fourth-order valence-corrected chi connectivity index (χ4v) is 1.92. The maximum atomic E-state index is 3.62. The predicted octanol–water partition coefficient (Wildman–Crippen LogP) is 1.27. The Labute approximate surface area is 75.1 Å². The van der Waals surface area contributed by atoms with Crippen LogP contribution in [0, 0.1) is 0 Å². The quantitative estimate of drug-likeness (QED) is 0.660. The number of hydrogen-bond acceptors (Lipinski definition) is 2. The van der Waals surface area contributed by atoms with Crippen molar-refractivity contribution in [2.24, 2.45) is 0 Å². The van der Waals surface area contributed by atoms with Crippen LogP contribution in [0.1, 0.15) is 39.0 Å². The van der Waals surface area contributed by atoms with Crippen LogP contribution >= 0.6 is 0 Å². The van der Waals surface area contributed by atoms with E-state index in [9.17, 15) is 0 Å². The van der Waals surface area contributed by atoms with Gasteiger partial charge in [0.25, 0.3) is 0 Å². The van der Waals surface area contributed by atoms with Crippen molar-refractivity contribution in [2.45, 2.75) is 50.6 Å². The highest BCUT2D eigenvalue weighted by Crippen LogP contribution is 2.34. The molecule has 1 heterocycles. The monoisotopic (exact) mass is 168 g/mol. The number of nitrogens with one attached hydrogen (secondary N) is 2. The van der Waals surface area contributed by atoms with Gasteiger partial charge in [-0.1, -0.05) is 0 Å². The second-order valence-electron chi connectivity index (χ2n) is 4.57. The molecule has 0 amide bonds. The molecule has 2 heteroatoms. The third-order valence-electron chi connectivity index (χ3n) is 3.21. The van der Waals surface area contributed by atoms with E-state index in [1.165, 1.54) is 45.2 Å². The Morgan fingerprint density at radius 1 is 1.50 bits per heavy atom. The molecule has 1 saturated heterocycles. The van der Waals surface area contributed by atoms with Gasteiger partial charge in [-0.05, 0) is 52.1 Å². The van der Waals surface area contributed by atoms with Crippen molar-refractivity contribution in [3.05, 3.63) is 0 Å². The molecule has 0 radical (unpaired) electrons. The van der Waals surface area contributed by atoms with Crippen LogP contribution in [-0.4, -0.2) is 24.7 Å². The Morgan fingerprint density at radius 3 is 2.92 bits per heavy atom. The molecule has 1 aliphatic carbocycles. The molecule has 0 aromatic carbocycles. The normalized spacial score (nSPS) is 32.2. The molecule has 1 atom stereocenters. The SMILES string of the molecule is CC1(NCCC2CCCN2)CC1. The highest BCUT2D eigenvalue weighted by atomic mass is 15.0. The van der Waals surface area contributed by atoms with E-state index in [2.05, 4.69) is 17.6 Å². The molecule has 12 heavy (non-hydrogen) atoms. The summed E-state index contributed by atoms with van der Waals surface area (Å²) in [5.74, 6) is 0. The second-order valence-corrected chi connectivity index (χ2v) is 4.57. The smallest absolute Gasteiger partial charge is 0.0154 e. The van der Waals surface area contributed by atoms with E-state index in [4.69, 9.17) is 0 Å². The molecular formula is C10H20N2. The van der Waals surface area contributed by atoms with Gasteiger partial charge in [0.2, 0.25) is 0 Å². The summed E-state index contributed by atoms with van der Waals surface area (Å²) < 4.78 is 0. The predicted molar refractivity (Wildman–Crippen MR) is 51.3 cm³/mol. The van der Waals surface area contributed by atoms with E-state index < -0.39 is 0 Å². The van der Waals surface area contributed by atoms with Crippen LogP contribution in [0.15, 0.2) is 0 Å². The first-order chi connectivity index (χ1) is 5.79. The average Bonchev–Trinajstić information content (AvgIpc) is 2.61. The van der Waals surface area contributed by atoms with Crippen molar-refractivity contribution in [3.8, 4) is 0 Å². The van der Waals surface area contributed by atoms with Crippen LogP contribution in [0.3, 0.4) is 0 Å². The number of rotatable bonds is 4. The molecular weight excluding hydrogens is 148 g/mol. The Hall–Kier alpha value is -0.0800. The Morgan fingerprint density at radius 2 is 2.33 bits per heavy atom. The summed E-state index contributed by atoms with van der Waals surface area (Å²) in [5.41, 5.74) is 0.526. The third kappa shape index (κ3) is 2.20. The minimum atomic E-state index is 0.526. The van der Waals surface area contributed by atoms with Crippen LogP contribution in [0.25, 0.3) is 0 Å². The van der Waals surface area contributed by atoms with Crippen LogP contribution in [0.4, 0.5) is 0 Å². The van der Waals surface area contributed by atoms with Gasteiger partial charge in [0.05, 0.1) is 0 Å². The molecule has 70 valence electrons. The lowest BCUT2D eigenvalue weighted by molar-refractivity contribution is 0.474. The molecule has 2 aliphatic rings. The highest BCUT2D eigenvalue weighted by Gasteiger charge is 2.36. The standard InChI is InChI=1S/C10H20N2/c1-10(5-6-10)12-8-4-9-3-2-7-11-9/h9,11-12H,2-8H2,1H3. The van der Waals surface area contributed by atoms with Crippen molar-refractivity contribution < 1.29 is 0 Å². The van der Waals surface area contributed by atoms with Crippen LogP contribution < -0.4 is 10.6 Å². The first kappa shape index (κ1) is 8.52. The minimum Gasteiger partial charge on any atom is -0.314 e. The average molecular weight is 168 g/mol. The Kier molecular flexibility index (Phi) is 2.37. The molecule has 0 aromatic rings. The summed E-state index contributed by atoms with van der Waals surface area (Å²) in [5, 5.41) is 7.14. The first-order valence-corrected chi connectivity index (χ1v) is 5.27. The molecule has 1 aliphatic heterocycles. The van der Waals surface area contributed by atoms with Crippen molar-refractivity contribution in [1.29, 1.82) is 0 Å². The zero-order valence-corrected chi connectivity index (χ0v) is 8.03. The van der Waals surface area contributed by atoms with Gasteiger partial charge in [0.1, 0.15) is 0 Å². The van der Waals surface area contributed by atoms with Gasteiger partial charge in [-0.25, -0.2) is 0 Å². The number of hydrogen-bond donors (Lipinski definition) is 2. The molecule has 0 aromatic heterocycles. The fourth-order valence-electron chi connectivity index (χ4n) is 1.92. The Balaban J connectivity index is 1.56. The molecule has 0 spiro atoms. The summed E-state index contributed by atoms with van der Waals surface area (Å²) in [6.07, 6.45) is 6.84.